The van der Waals surface area contributed by atoms with Crippen molar-refractivity contribution in [2.24, 2.45) is 5.16 Å². The molecule has 2 heterocycles. The monoisotopic (exact) mass is 284 g/mol. The van der Waals surface area contributed by atoms with Gasteiger partial charge in [0.1, 0.15) is 0 Å². The van der Waals surface area contributed by atoms with Crippen molar-refractivity contribution in [3.05, 3.63) is 53.9 Å². The molecule has 2 N–H and O–H groups in total. The molecule has 0 saturated heterocycles. The van der Waals surface area contributed by atoms with Crippen LogP contribution in [0, 0.1) is 0 Å². The Labute approximate surface area is 122 Å². The number of nitrogens with one attached hydrogen (secondary N) is 2. The number of nitrogens with zero attached hydrogens (tertiary/aromatic N) is 2. The molecule has 0 aliphatic carbocycles. The molecule has 6 heteroatoms. The number of aromatic amines is 1. The first-order valence-corrected chi connectivity index (χ1v) is 6.81. The van der Waals surface area contributed by atoms with Gasteiger partial charge in [-0.1, -0.05) is 35.5 Å². The van der Waals surface area contributed by atoms with E-state index >= 15 is 0 Å². The number of amides is 1. The molecule has 0 radical (unpaired) electrons. The van der Waals surface area contributed by atoms with E-state index in [4.69, 9.17) is 4.84 Å². The fourth-order valence-corrected chi connectivity index (χ4v) is 2.21. The van der Waals surface area contributed by atoms with E-state index in [1.165, 1.54) is 0 Å². The van der Waals surface area contributed by atoms with Crippen LogP contribution in [0.2, 0.25) is 0 Å². The maximum atomic E-state index is 12.2. The molecule has 2 unspecified atom stereocenters. The second-order valence-electron chi connectivity index (χ2n) is 4.96. The molecule has 0 bridgehead atoms. The Balaban J connectivity index is 1.59. The third-order valence-electron chi connectivity index (χ3n) is 3.45. The second kappa shape index (κ2) is 5.78. The van der Waals surface area contributed by atoms with Crippen molar-refractivity contribution in [3.8, 4) is 0 Å². The van der Waals surface area contributed by atoms with Crippen LogP contribution in [0.25, 0.3) is 0 Å². The molecule has 0 fully saturated rings. The molecule has 1 aliphatic rings. The molecule has 1 aromatic carbocycles. The summed E-state index contributed by atoms with van der Waals surface area (Å²) in [5.74, 6) is -0.168. The Morgan fingerprint density at radius 2 is 2.24 bits per heavy atom. The molecular weight excluding hydrogens is 268 g/mol. The Morgan fingerprint density at radius 3 is 2.95 bits per heavy atom. The Hall–Kier alpha value is -2.63. The lowest BCUT2D eigenvalue weighted by atomic mass is 10.0. The smallest absolute Gasteiger partial charge is 0.264 e. The number of rotatable bonds is 4. The summed E-state index contributed by atoms with van der Waals surface area (Å²) in [6.45, 7) is 1.90. The number of H-pyrrole nitrogens is 1. The van der Waals surface area contributed by atoms with Crippen LogP contribution >= 0.6 is 0 Å². The number of hydrogen-bond acceptors (Lipinski definition) is 4. The number of hydrogen-bond donors (Lipinski definition) is 2. The van der Waals surface area contributed by atoms with Gasteiger partial charge in [-0.05, 0) is 12.5 Å². The van der Waals surface area contributed by atoms with Gasteiger partial charge in [-0.15, -0.1) is 0 Å². The SMILES string of the molecule is CC(NC(=O)C1CC(c2ccccc2)=NO1)c1cn[nH]c1. The highest BCUT2D eigenvalue weighted by atomic mass is 16.6. The zero-order chi connectivity index (χ0) is 14.7. The van der Waals surface area contributed by atoms with Gasteiger partial charge >= 0.3 is 0 Å². The van der Waals surface area contributed by atoms with E-state index in [2.05, 4.69) is 20.7 Å². The average Bonchev–Trinajstić information content (AvgIpc) is 3.20. The number of carbonyl (C=O) groups is 1. The first-order chi connectivity index (χ1) is 10.2. The summed E-state index contributed by atoms with van der Waals surface area (Å²) in [6, 6.07) is 9.60. The quantitative estimate of drug-likeness (QED) is 0.898. The van der Waals surface area contributed by atoms with Gasteiger partial charge in [0, 0.05) is 18.2 Å². The van der Waals surface area contributed by atoms with Crippen molar-refractivity contribution in [1.29, 1.82) is 0 Å². The minimum Gasteiger partial charge on any atom is -0.382 e. The third-order valence-corrected chi connectivity index (χ3v) is 3.45. The number of oxime groups is 1. The van der Waals surface area contributed by atoms with Crippen LogP contribution in [0.15, 0.2) is 47.9 Å². The van der Waals surface area contributed by atoms with E-state index in [0.717, 1.165) is 16.8 Å². The fourth-order valence-electron chi connectivity index (χ4n) is 2.21. The second-order valence-corrected chi connectivity index (χ2v) is 4.96. The molecule has 6 nitrogen and oxygen atoms in total. The zero-order valence-electron chi connectivity index (χ0n) is 11.6. The maximum absolute atomic E-state index is 12.2. The summed E-state index contributed by atoms with van der Waals surface area (Å²) in [7, 11) is 0. The van der Waals surface area contributed by atoms with Gasteiger partial charge in [0.15, 0.2) is 0 Å². The maximum Gasteiger partial charge on any atom is 0.264 e. The number of aromatic nitrogens is 2. The first kappa shape index (κ1) is 13.4. The summed E-state index contributed by atoms with van der Waals surface area (Å²) >= 11 is 0. The van der Waals surface area contributed by atoms with Crippen LogP contribution in [0.4, 0.5) is 0 Å². The lowest BCUT2D eigenvalue weighted by Gasteiger charge is -2.14. The summed E-state index contributed by atoms with van der Waals surface area (Å²) in [5.41, 5.74) is 2.70. The van der Waals surface area contributed by atoms with Crippen molar-refractivity contribution in [3.63, 3.8) is 0 Å². The zero-order valence-corrected chi connectivity index (χ0v) is 11.6. The normalized spacial score (nSPS) is 18.7. The van der Waals surface area contributed by atoms with Crippen LogP contribution in [0.5, 0.6) is 0 Å². The standard InChI is InChI=1S/C15H16N4O2/c1-10(12-8-16-17-9-12)18-15(20)14-7-13(19-21-14)11-5-3-2-4-6-11/h2-6,8-10,14H,7H2,1H3,(H,16,17)(H,18,20). The van der Waals surface area contributed by atoms with Gasteiger partial charge in [0.05, 0.1) is 18.0 Å². The molecule has 1 aliphatic heterocycles. The lowest BCUT2D eigenvalue weighted by Crippen LogP contribution is -2.36. The van der Waals surface area contributed by atoms with Crippen molar-refractivity contribution in [1.82, 2.24) is 15.5 Å². The molecule has 2 aromatic rings. The van der Waals surface area contributed by atoms with Gasteiger partial charge in [-0.2, -0.15) is 5.10 Å². The minimum atomic E-state index is -0.574. The van der Waals surface area contributed by atoms with Crippen LogP contribution in [0.3, 0.4) is 0 Å². The summed E-state index contributed by atoms with van der Waals surface area (Å²) < 4.78 is 0. The van der Waals surface area contributed by atoms with Gasteiger partial charge in [-0.3, -0.25) is 9.89 Å². The van der Waals surface area contributed by atoms with E-state index in [9.17, 15) is 4.79 Å². The highest BCUT2D eigenvalue weighted by Crippen LogP contribution is 2.18. The van der Waals surface area contributed by atoms with Crippen LogP contribution in [-0.2, 0) is 9.63 Å². The van der Waals surface area contributed by atoms with E-state index in [0.29, 0.717) is 6.42 Å². The van der Waals surface area contributed by atoms with Crippen LogP contribution in [-0.4, -0.2) is 27.9 Å². The molecular formula is C15H16N4O2. The van der Waals surface area contributed by atoms with E-state index in [1.807, 2.05) is 37.3 Å². The van der Waals surface area contributed by atoms with Crippen molar-refractivity contribution in [2.75, 3.05) is 0 Å². The largest absolute Gasteiger partial charge is 0.382 e. The first-order valence-electron chi connectivity index (χ1n) is 6.81. The average molecular weight is 284 g/mol. The predicted octanol–water partition coefficient (Wildman–Crippen LogP) is 1.78. The molecule has 1 aromatic heterocycles. The summed E-state index contributed by atoms with van der Waals surface area (Å²) in [5, 5.41) is 13.5. The van der Waals surface area contributed by atoms with Gasteiger partial charge in [0.25, 0.3) is 5.91 Å². The van der Waals surface area contributed by atoms with Gasteiger partial charge < -0.3 is 10.2 Å². The molecule has 21 heavy (non-hydrogen) atoms. The Kier molecular flexibility index (Phi) is 3.68. The van der Waals surface area contributed by atoms with Crippen LogP contribution in [0.1, 0.15) is 30.5 Å². The lowest BCUT2D eigenvalue weighted by molar-refractivity contribution is -0.131. The van der Waals surface area contributed by atoms with Gasteiger partial charge in [0.2, 0.25) is 6.10 Å². The topological polar surface area (TPSA) is 79.4 Å². The third kappa shape index (κ3) is 2.94. The van der Waals surface area contributed by atoms with E-state index in [1.54, 1.807) is 12.4 Å². The van der Waals surface area contributed by atoms with E-state index < -0.39 is 6.10 Å². The van der Waals surface area contributed by atoms with Crippen molar-refractivity contribution >= 4 is 11.6 Å². The van der Waals surface area contributed by atoms with E-state index in [-0.39, 0.29) is 11.9 Å². The van der Waals surface area contributed by atoms with Crippen molar-refractivity contribution < 1.29 is 9.63 Å². The molecule has 1 amide bonds. The summed E-state index contributed by atoms with van der Waals surface area (Å²) in [4.78, 5) is 17.4. The van der Waals surface area contributed by atoms with Gasteiger partial charge in [-0.25, -0.2) is 0 Å². The Morgan fingerprint density at radius 1 is 1.43 bits per heavy atom. The van der Waals surface area contributed by atoms with Crippen LogP contribution < -0.4 is 5.32 Å². The molecule has 2 atom stereocenters. The highest BCUT2D eigenvalue weighted by Gasteiger charge is 2.29. The fraction of sp³-hybridized carbons (Fsp3) is 0.267. The minimum absolute atomic E-state index is 0.124. The molecule has 0 saturated carbocycles. The molecule has 108 valence electrons. The summed E-state index contributed by atoms with van der Waals surface area (Å²) in [6.07, 6.45) is 3.35. The highest BCUT2D eigenvalue weighted by molar-refractivity contribution is 6.04. The predicted molar refractivity (Wildman–Crippen MR) is 77.6 cm³/mol. The molecule has 0 spiro atoms. The number of carbonyl (C=O) groups excluding carboxylic acids is 1. The molecule has 3 rings (SSSR count). The number of benzene rings is 1. The van der Waals surface area contributed by atoms with Crippen molar-refractivity contribution in [2.45, 2.75) is 25.5 Å². The Bertz CT molecular complexity index is 637.